The minimum absolute atomic E-state index is 0.165. The lowest BCUT2D eigenvalue weighted by Crippen LogP contribution is -2.46. The lowest BCUT2D eigenvalue weighted by Gasteiger charge is -2.27. The molecule has 1 saturated heterocycles. The fourth-order valence-electron chi connectivity index (χ4n) is 2.10. The van der Waals surface area contributed by atoms with Gasteiger partial charge in [-0.3, -0.25) is 4.79 Å². The molecule has 0 bridgehead atoms. The molecule has 0 unspecified atom stereocenters. The normalized spacial score (nSPS) is 15.6. The fourth-order valence-corrected chi connectivity index (χ4v) is 2.10. The number of piperazine rings is 1. The molecule has 1 N–H and O–H groups in total. The number of nitrogens with one attached hydrogen (secondary N) is 1. The van der Waals surface area contributed by atoms with Crippen LogP contribution in [0.3, 0.4) is 0 Å². The summed E-state index contributed by atoms with van der Waals surface area (Å²) in [5.74, 6) is -0.197. The zero-order valence-electron chi connectivity index (χ0n) is 11.5. The molecule has 0 atom stereocenters. The molecule has 0 saturated carbocycles. The summed E-state index contributed by atoms with van der Waals surface area (Å²) in [6.45, 7) is 2.84. The summed E-state index contributed by atoms with van der Waals surface area (Å²) >= 11 is 0. The Hall–Kier alpha value is -2.32. The number of amides is 1. The standard InChI is InChI=1S/C15H18N4O/c1-18(14-5-3-2-4-6-14)12-13(11-16)15(20)19-9-7-17-8-10-19/h2-6,12,17H,7-10H2,1H3/b13-12-. The molecule has 1 aromatic carbocycles. The Balaban J connectivity index is 2.13. The van der Waals surface area contributed by atoms with Gasteiger partial charge in [-0.2, -0.15) is 5.26 Å². The fraction of sp³-hybridized carbons (Fsp3) is 0.333. The largest absolute Gasteiger partial charge is 0.350 e. The van der Waals surface area contributed by atoms with Crippen molar-refractivity contribution in [3.63, 3.8) is 0 Å². The number of hydrogen-bond donors (Lipinski definition) is 1. The van der Waals surface area contributed by atoms with Crippen LogP contribution in [0.2, 0.25) is 0 Å². The first kappa shape index (κ1) is 14.1. The highest BCUT2D eigenvalue weighted by Gasteiger charge is 2.20. The summed E-state index contributed by atoms with van der Waals surface area (Å²) in [6, 6.07) is 11.6. The first-order chi connectivity index (χ1) is 9.72. The van der Waals surface area contributed by atoms with Crippen LogP contribution in [0.4, 0.5) is 5.69 Å². The topological polar surface area (TPSA) is 59.4 Å². The minimum atomic E-state index is -0.197. The number of para-hydroxylation sites is 1. The predicted molar refractivity (Wildman–Crippen MR) is 78.0 cm³/mol. The van der Waals surface area contributed by atoms with E-state index in [2.05, 4.69) is 5.32 Å². The Morgan fingerprint density at radius 2 is 2.00 bits per heavy atom. The van der Waals surface area contributed by atoms with Gasteiger partial charge in [0.1, 0.15) is 11.6 Å². The van der Waals surface area contributed by atoms with Crippen molar-refractivity contribution in [3.05, 3.63) is 42.1 Å². The zero-order chi connectivity index (χ0) is 14.4. The number of nitriles is 1. The van der Waals surface area contributed by atoms with E-state index in [-0.39, 0.29) is 11.5 Å². The maximum atomic E-state index is 12.3. The highest BCUT2D eigenvalue weighted by atomic mass is 16.2. The maximum Gasteiger partial charge on any atom is 0.266 e. The third kappa shape index (κ3) is 3.37. The predicted octanol–water partition coefficient (Wildman–Crippen LogP) is 0.962. The molecule has 1 aliphatic rings. The van der Waals surface area contributed by atoms with Gasteiger partial charge in [-0.1, -0.05) is 18.2 Å². The lowest BCUT2D eigenvalue weighted by atomic mass is 10.2. The van der Waals surface area contributed by atoms with Crippen LogP contribution in [0.1, 0.15) is 0 Å². The molecule has 104 valence electrons. The van der Waals surface area contributed by atoms with E-state index in [0.29, 0.717) is 13.1 Å². The van der Waals surface area contributed by atoms with Crippen molar-refractivity contribution in [2.24, 2.45) is 0 Å². The van der Waals surface area contributed by atoms with Crippen molar-refractivity contribution >= 4 is 11.6 Å². The van der Waals surface area contributed by atoms with Crippen LogP contribution in [-0.2, 0) is 4.79 Å². The number of benzene rings is 1. The summed E-state index contributed by atoms with van der Waals surface area (Å²) in [5, 5.41) is 12.4. The van der Waals surface area contributed by atoms with E-state index >= 15 is 0 Å². The molecule has 1 aliphatic heterocycles. The second kappa shape index (κ2) is 6.73. The number of anilines is 1. The van der Waals surface area contributed by atoms with Gasteiger partial charge in [-0.25, -0.2) is 0 Å². The highest BCUT2D eigenvalue weighted by molar-refractivity contribution is 5.97. The van der Waals surface area contributed by atoms with E-state index in [1.807, 2.05) is 43.4 Å². The van der Waals surface area contributed by atoms with Gasteiger partial charge in [0.05, 0.1) is 0 Å². The van der Waals surface area contributed by atoms with E-state index in [9.17, 15) is 10.1 Å². The molecule has 5 heteroatoms. The molecule has 0 aromatic heterocycles. The number of rotatable bonds is 3. The van der Waals surface area contributed by atoms with Crippen molar-refractivity contribution in [1.29, 1.82) is 5.26 Å². The Bertz CT molecular complexity index is 527. The smallest absolute Gasteiger partial charge is 0.266 e. The van der Waals surface area contributed by atoms with E-state index in [1.165, 1.54) is 0 Å². The molecule has 5 nitrogen and oxygen atoms in total. The molecule has 0 aliphatic carbocycles. The molecule has 1 amide bonds. The SMILES string of the molecule is CN(/C=C(/C#N)C(=O)N1CCNCC1)c1ccccc1. The van der Waals surface area contributed by atoms with Crippen LogP contribution >= 0.6 is 0 Å². The number of hydrogen-bond acceptors (Lipinski definition) is 4. The van der Waals surface area contributed by atoms with Gasteiger partial charge in [-0.15, -0.1) is 0 Å². The van der Waals surface area contributed by atoms with E-state index < -0.39 is 0 Å². The van der Waals surface area contributed by atoms with Crippen molar-refractivity contribution in [2.75, 3.05) is 38.1 Å². The average Bonchev–Trinajstić information content (AvgIpc) is 2.53. The van der Waals surface area contributed by atoms with Crippen LogP contribution in [-0.4, -0.2) is 44.0 Å². The summed E-state index contributed by atoms with van der Waals surface area (Å²) in [6.07, 6.45) is 1.60. The highest BCUT2D eigenvalue weighted by Crippen LogP contribution is 2.13. The first-order valence-electron chi connectivity index (χ1n) is 6.62. The van der Waals surface area contributed by atoms with Gasteiger partial charge in [-0.05, 0) is 12.1 Å². The molecule has 1 heterocycles. The lowest BCUT2D eigenvalue weighted by molar-refractivity contribution is -0.127. The first-order valence-corrected chi connectivity index (χ1v) is 6.62. The second-order valence-corrected chi connectivity index (χ2v) is 4.64. The number of carbonyl (C=O) groups is 1. The second-order valence-electron chi connectivity index (χ2n) is 4.64. The molecule has 1 fully saturated rings. The quantitative estimate of drug-likeness (QED) is 0.656. The molecular formula is C15H18N4O. The summed E-state index contributed by atoms with van der Waals surface area (Å²) in [4.78, 5) is 15.8. The Morgan fingerprint density at radius 3 is 2.60 bits per heavy atom. The molecular weight excluding hydrogens is 252 g/mol. The third-order valence-corrected chi connectivity index (χ3v) is 3.24. The van der Waals surface area contributed by atoms with Crippen LogP contribution in [0.15, 0.2) is 42.1 Å². The summed E-state index contributed by atoms with van der Waals surface area (Å²) in [5.41, 5.74) is 1.10. The molecule has 0 radical (unpaired) electrons. The number of nitrogens with zero attached hydrogens (tertiary/aromatic N) is 3. The summed E-state index contributed by atoms with van der Waals surface area (Å²) in [7, 11) is 1.83. The Labute approximate surface area is 119 Å². The Morgan fingerprint density at radius 1 is 1.35 bits per heavy atom. The summed E-state index contributed by atoms with van der Waals surface area (Å²) < 4.78 is 0. The molecule has 20 heavy (non-hydrogen) atoms. The van der Waals surface area contributed by atoms with Crippen molar-refractivity contribution in [3.8, 4) is 6.07 Å². The van der Waals surface area contributed by atoms with Crippen LogP contribution in [0.5, 0.6) is 0 Å². The number of carbonyl (C=O) groups excluding carboxylic acids is 1. The molecule has 2 rings (SSSR count). The van der Waals surface area contributed by atoms with Crippen molar-refractivity contribution in [1.82, 2.24) is 10.2 Å². The monoisotopic (exact) mass is 270 g/mol. The third-order valence-electron chi connectivity index (χ3n) is 3.24. The minimum Gasteiger partial charge on any atom is -0.350 e. The zero-order valence-corrected chi connectivity index (χ0v) is 11.5. The van der Waals surface area contributed by atoms with Gasteiger partial charge in [0.2, 0.25) is 0 Å². The molecule has 1 aromatic rings. The van der Waals surface area contributed by atoms with Gasteiger partial charge in [0.25, 0.3) is 5.91 Å². The van der Waals surface area contributed by atoms with Crippen LogP contribution < -0.4 is 10.2 Å². The van der Waals surface area contributed by atoms with Crippen molar-refractivity contribution in [2.45, 2.75) is 0 Å². The van der Waals surface area contributed by atoms with Gasteiger partial charge >= 0.3 is 0 Å². The van der Waals surface area contributed by atoms with E-state index in [1.54, 1.807) is 16.0 Å². The van der Waals surface area contributed by atoms with E-state index in [0.717, 1.165) is 18.8 Å². The van der Waals surface area contributed by atoms with Crippen LogP contribution in [0.25, 0.3) is 0 Å². The molecule has 0 spiro atoms. The van der Waals surface area contributed by atoms with Crippen molar-refractivity contribution < 1.29 is 4.79 Å². The maximum absolute atomic E-state index is 12.3. The van der Waals surface area contributed by atoms with E-state index in [4.69, 9.17) is 0 Å². The Kier molecular flexibility index (Phi) is 4.75. The van der Waals surface area contributed by atoms with Gasteiger partial charge in [0.15, 0.2) is 0 Å². The average molecular weight is 270 g/mol. The van der Waals surface area contributed by atoms with Gasteiger partial charge in [0, 0.05) is 45.1 Å². The van der Waals surface area contributed by atoms with Crippen LogP contribution in [0, 0.1) is 11.3 Å². The van der Waals surface area contributed by atoms with Gasteiger partial charge < -0.3 is 15.1 Å².